The second kappa shape index (κ2) is 8.94. The first kappa shape index (κ1) is 18.6. The molecule has 0 heterocycles. The summed E-state index contributed by atoms with van der Waals surface area (Å²) in [5.74, 6) is 1.39. The van der Waals surface area contributed by atoms with Crippen molar-refractivity contribution in [1.82, 2.24) is 5.32 Å². The van der Waals surface area contributed by atoms with Gasteiger partial charge in [-0.2, -0.15) is 0 Å². The fraction of sp³-hybridized carbons (Fsp3) is 0.316. The number of benzene rings is 2. The fourth-order valence-electron chi connectivity index (χ4n) is 2.41. The monoisotopic (exact) mass is 344 g/mol. The summed E-state index contributed by atoms with van der Waals surface area (Å²) in [5, 5.41) is 15.7. The molecule has 0 saturated heterocycles. The van der Waals surface area contributed by atoms with Gasteiger partial charge in [0.1, 0.15) is 11.5 Å². The number of aliphatic hydroxyl groups is 1. The van der Waals surface area contributed by atoms with Gasteiger partial charge in [0.2, 0.25) is 0 Å². The van der Waals surface area contributed by atoms with Gasteiger partial charge in [-0.1, -0.05) is 25.1 Å². The molecule has 0 aliphatic carbocycles. The van der Waals surface area contributed by atoms with Crippen molar-refractivity contribution in [3.05, 3.63) is 53.6 Å². The zero-order valence-electron chi connectivity index (χ0n) is 14.7. The summed E-state index contributed by atoms with van der Waals surface area (Å²) in [4.78, 5) is 12.1. The van der Waals surface area contributed by atoms with Crippen LogP contribution in [0.1, 0.15) is 24.2 Å². The topological polar surface area (TPSA) is 79.8 Å². The second-order valence-electron chi connectivity index (χ2n) is 5.50. The van der Waals surface area contributed by atoms with E-state index in [4.69, 9.17) is 9.47 Å². The van der Waals surface area contributed by atoms with Crippen LogP contribution in [0.5, 0.6) is 11.5 Å². The van der Waals surface area contributed by atoms with Gasteiger partial charge in [0.15, 0.2) is 0 Å². The number of hydrogen-bond acceptors (Lipinski definition) is 4. The van der Waals surface area contributed by atoms with E-state index in [0.717, 1.165) is 12.0 Å². The van der Waals surface area contributed by atoms with Gasteiger partial charge in [-0.25, -0.2) is 4.79 Å². The van der Waals surface area contributed by atoms with E-state index >= 15 is 0 Å². The van der Waals surface area contributed by atoms with Gasteiger partial charge in [0.25, 0.3) is 0 Å². The standard InChI is InChI=1S/C19H24N2O4/c1-4-13-5-10-16(25-3)11-17(13)21-19(23)20-12-18(22)14-6-8-15(24-2)9-7-14/h5-11,18,22H,4,12H2,1-3H3,(H2,20,21,23). The first-order valence-corrected chi connectivity index (χ1v) is 8.11. The van der Waals surface area contributed by atoms with Gasteiger partial charge in [0.05, 0.1) is 20.3 Å². The first-order chi connectivity index (χ1) is 12.1. The molecular formula is C19H24N2O4. The second-order valence-corrected chi connectivity index (χ2v) is 5.50. The lowest BCUT2D eigenvalue weighted by molar-refractivity contribution is 0.175. The third-order valence-corrected chi connectivity index (χ3v) is 3.90. The molecule has 0 bridgehead atoms. The molecule has 0 radical (unpaired) electrons. The van der Waals surface area contributed by atoms with E-state index in [1.807, 2.05) is 19.1 Å². The van der Waals surface area contributed by atoms with Crippen molar-refractivity contribution in [1.29, 1.82) is 0 Å². The van der Waals surface area contributed by atoms with E-state index < -0.39 is 6.10 Å². The normalized spacial score (nSPS) is 11.5. The van der Waals surface area contributed by atoms with E-state index in [1.165, 1.54) is 0 Å². The lowest BCUT2D eigenvalue weighted by atomic mass is 10.1. The lowest BCUT2D eigenvalue weighted by Gasteiger charge is -2.15. The molecule has 0 saturated carbocycles. The summed E-state index contributed by atoms with van der Waals surface area (Å²) in [7, 11) is 3.16. The Labute approximate surface area is 147 Å². The quantitative estimate of drug-likeness (QED) is 0.721. The number of nitrogens with one attached hydrogen (secondary N) is 2. The maximum Gasteiger partial charge on any atom is 0.319 e. The Kier molecular flexibility index (Phi) is 6.65. The highest BCUT2D eigenvalue weighted by atomic mass is 16.5. The largest absolute Gasteiger partial charge is 0.497 e. The number of urea groups is 1. The van der Waals surface area contributed by atoms with E-state index in [-0.39, 0.29) is 12.6 Å². The van der Waals surface area contributed by atoms with Crippen molar-refractivity contribution in [2.24, 2.45) is 0 Å². The van der Waals surface area contributed by atoms with Gasteiger partial charge in [-0.3, -0.25) is 0 Å². The Balaban J connectivity index is 1.93. The van der Waals surface area contributed by atoms with Crippen LogP contribution < -0.4 is 20.1 Å². The van der Waals surface area contributed by atoms with Gasteiger partial charge < -0.3 is 25.2 Å². The Morgan fingerprint density at radius 2 is 1.72 bits per heavy atom. The maximum absolute atomic E-state index is 12.1. The van der Waals surface area contributed by atoms with E-state index in [9.17, 15) is 9.90 Å². The lowest BCUT2D eigenvalue weighted by Crippen LogP contribution is -2.32. The Bertz CT molecular complexity index is 701. The van der Waals surface area contributed by atoms with Crippen molar-refractivity contribution >= 4 is 11.7 Å². The first-order valence-electron chi connectivity index (χ1n) is 8.11. The van der Waals surface area contributed by atoms with Gasteiger partial charge in [-0.15, -0.1) is 0 Å². The van der Waals surface area contributed by atoms with Crippen LogP contribution in [-0.2, 0) is 6.42 Å². The van der Waals surface area contributed by atoms with Crippen LogP contribution in [0.2, 0.25) is 0 Å². The predicted molar refractivity (Wildman–Crippen MR) is 97.3 cm³/mol. The van der Waals surface area contributed by atoms with E-state index in [1.54, 1.807) is 44.6 Å². The van der Waals surface area contributed by atoms with Crippen LogP contribution in [0.15, 0.2) is 42.5 Å². The highest BCUT2D eigenvalue weighted by Gasteiger charge is 2.11. The van der Waals surface area contributed by atoms with Gasteiger partial charge >= 0.3 is 6.03 Å². The van der Waals surface area contributed by atoms with Crippen molar-refractivity contribution in [2.45, 2.75) is 19.4 Å². The molecule has 0 aliphatic rings. The molecule has 134 valence electrons. The zero-order valence-corrected chi connectivity index (χ0v) is 14.7. The zero-order chi connectivity index (χ0) is 18.2. The summed E-state index contributed by atoms with van der Waals surface area (Å²) < 4.78 is 10.3. The molecule has 6 heteroatoms. The minimum Gasteiger partial charge on any atom is -0.497 e. The maximum atomic E-state index is 12.1. The highest BCUT2D eigenvalue weighted by molar-refractivity contribution is 5.90. The number of hydrogen-bond donors (Lipinski definition) is 3. The van der Waals surface area contributed by atoms with Crippen molar-refractivity contribution in [3.63, 3.8) is 0 Å². The Hall–Kier alpha value is -2.73. The molecule has 1 unspecified atom stereocenters. The van der Waals surface area contributed by atoms with Crippen LogP contribution in [0, 0.1) is 0 Å². The molecule has 0 spiro atoms. The number of rotatable bonds is 7. The predicted octanol–water partition coefficient (Wildman–Crippen LogP) is 3.12. The average molecular weight is 344 g/mol. The number of aliphatic hydroxyl groups excluding tert-OH is 1. The molecule has 0 fully saturated rings. The van der Waals surface area contributed by atoms with Crippen LogP contribution in [0.25, 0.3) is 0 Å². The molecule has 1 atom stereocenters. The number of methoxy groups -OCH3 is 2. The number of amides is 2. The molecule has 2 rings (SSSR count). The Morgan fingerprint density at radius 1 is 1.08 bits per heavy atom. The molecule has 25 heavy (non-hydrogen) atoms. The van der Waals surface area contributed by atoms with Crippen LogP contribution in [-0.4, -0.2) is 31.9 Å². The minimum absolute atomic E-state index is 0.101. The number of anilines is 1. The molecular weight excluding hydrogens is 320 g/mol. The Morgan fingerprint density at radius 3 is 2.32 bits per heavy atom. The van der Waals surface area contributed by atoms with Crippen LogP contribution >= 0.6 is 0 Å². The van der Waals surface area contributed by atoms with Crippen molar-refractivity contribution in [2.75, 3.05) is 26.1 Å². The van der Waals surface area contributed by atoms with Crippen LogP contribution in [0.3, 0.4) is 0 Å². The fourth-order valence-corrected chi connectivity index (χ4v) is 2.41. The third-order valence-electron chi connectivity index (χ3n) is 3.90. The molecule has 6 nitrogen and oxygen atoms in total. The molecule has 3 N–H and O–H groups in total. The summed E-state index contributed by atoms with van der Waals surface area (Å²) >= 11 is 0. The van der Waals surface area contributed by atoms with Crippen LogP contribution in [0.4, 0.5) is 10.5 Å². The summed E-state index contributed by atoms with van der Waals surface area (Å²) in [6.45, 7) is 2.11. The van der Waals surface area contributed by atoms with Gasteiger partial charge in [-0.05, 0) is 35.7 Å². The molecule has 0 aliphatic heterocycles. The van der Waals surface area contributed by atoms with Crippen molar-refractivity contribution in [3.8, 4) is 11.5 Å². The summed E-state index contributed by atoms with van der Waals surface area (Å²) in [5.41, 5.74) is 2.40. The molecule has 2 aromatic carbocycles. The number of carbonyl (C=O) groups is 1. The number of ether oxygens (including phenoxy) is 2. The number of carbonyl (C=O) groups excluding carboxylic acids is 1. The van der Waals surface area contributed by atoms with Crippen molar-refractivity contribution < 1.29 is 19.4 Å². The van der Waals surface area contributed by atoms with E-state index in [2.05, 4.69) is 10.6 Å². The minimum atomic E-state index is -0.799. The highest BCUT2D eigenvalue weighted by Crippen LogP contribution is 2.23. The molecule has 0 aromatic heterocycles. The SMILES string of the molecule is CCc1ccc(OC)cc1NC(=O)NCC(O)c1ccc(OC)cc1. The molecule has 2 amide bonds. The average Bonchev–Trinajstić information content (AvgIpc) is 2.66. The summed E-state index contributed by atoms with van der Waals surface area (Å²) in [6, 6.07) is 12.2. The molecule has 2 aromatic rings. The smallest absolute Gasteiger partial charge is 0.319 e. The third kappa shape index (κ3) is 5.12. The summed E-state index contributed by atoms with van der Waals surface area (Å²) in [6.07, 6.45) is -0.0127. The van der Waals surface area contributed by atoms with E-state index in [0.29, 0.717) is 22.7 Å². The van der Waals surface area contributed by atoms with Gasteiger partial charge in [0, 0.05) is 18.3 Å². The number of aryl methyl sites for hydroxylation is 1.